The third-order valence-electron chi connectivity index (χ3n) is 2.60. The zero-order valence-corrected chi connectivity index (χ0v) is 16.6. The van der Waals surface area contributed by atoms with Crippen molar-refractivity contribution < 1.29 is 33.3 Å². The van der Waals surface area contributed by atoms with Crippen molar-refractivity contribution in [2.24, 2.45) is 0 Å². The van der Waals surface area contributed by atoms with Crippen LogP contribution in [0.5, 0.6) is 0 Å². The molecule has 0 unspecified atom stereocenters. The first-order valence-corrected chi connectivity index (χ1v) is 8.75. The lowest BCUT2D eigenvalue weighted by atomic mass is 10.4. The molecule has 0 heterocycles. The van der Waals surface area contributed by atoms with Crippen LogP contribution in [0.25, 0.3) is 0 Å². The van der Waals surface area contributed by atoms with E-state index in [2.05, 4.69) is 13.2 Å². The second kappa shape index (κ2) is 19.6. The number of carbonyl (C=O) groups excluding carboxylic acids is 2. The average Bonchev–Trinajstić information content (AvgIpc) is 2.60. The molecule has 0 aliphatic rings. The smallest absolute Gasteiger partial charge is 0.333 e. The zero-order valence-electron chi connectivity index (χ0n) is 16.6. The van der Waals surface area contributed by atoms with Crippen LogP contribution in [0.3, 0.4) is 0 Å². The summed E-state index contributed by atoms with van der Waals surface area (Å²) in [4.78, 5) is 21.7. The van der Waals surface area contributed by atoms with Gasteiger partial charge in [0.2, 0.25) is 0 Å². The number of hydrogen-bond donors (Lipinski definition) is 0. The number of esters is 2. The molecule has 7 nitrogen and oxygen atoms in total. The van der Waals surface area contributed by atoms with Crippen LogP contribution in [0, 0.1) is 0 Å². The van der Waals surface area contributed by atoms with Crippen LogP contribution in [-0.4, -0.2) is 64.8 Å². The van der Waals surface area contributed by atoms with Crippen LogP contribution < -0.4 is 0 Å². The fourth-order valence-electron chi connectivity index (χ4n) is 1.27. The molecule has 0 aromatic carbocycles. The molecule has 0 atom stereocenters. The molecular weight excluding hydrogens is 340 g/mol. The third kappa shape index (κ3) is 20.3. The largest absolute Gasteiger partial charge is 0.462 e. The van der Waals surface area contributed by atoms with E-state index in [0.717, 1.165) is 6.42 Å². The first kappa shape index (κ1) is 26.5. The summed E-state index contributed by atoms with van der Waals surface area (Å²) >= 11 is 0. The van der Waals surface area contributed by atoms with E-state index in [1.54, 1.807) is 13.8 Å². The van der Waals surface area contributed by atoms with Gasteiger partial charge in [0.05, 0.1) is 26.4 Å². The lowest BCUT2D eigenvalue weighted by Crippen LogP contribution is -2.13. The Morgan fingerprint density at radius 3 is 1.58 bits per heavy atom. The molecule has 0 aliphatic heterocycles. The molecule has 0 amide bonds. The minimum atomic E-state index is -0.376. The summed E-state index contributed by atoms with van der Waals surface area (Å²) in [6.45, 7) is 18.2. The highest BCUT2D eigenvalue weighted by Crippen LogP contribution is 1.93. The predicted molar refractivity (Wildman–Crippen MR) is 100.0 cm³/mol. The number of rotatable bonds is 14. The topological polar surface area (TPSA) is 80.3 Å². The SMILES string of the molecule is C=C(C)C(=O)OCCCOCC.C=C(C)C(=O)OCCOCCOCC. The molecule has 7 heteroatoms. The molecule has 0 N–H and O–H groups in total. The minimum absolute atomic E-state index is 0.262. The Morgan fingerprint density at radius 1 is 0.654 bits per heavy atom. The van der Waals surface area contributed by atoms with Crippen molar-refractivity contribution in [3.8, 4) is 0 Å². The summed E-state index contributed by atoms with van der Waals surface area (Å²) in [5, 5.41) is 0. The molecule has 0 radical (unpaired) electrons. The maximum atomic E-state index is 10.9. The van der Waals surface area contributed by atoms with E-state index < -0.39 is 0 Å². The van der Waals surface area contributed by atoms with Gasteiger partial charge in [-0.3, -0.25) is 0 Å². The normalized spacial score (nSPS) is 9.69. The lowest BCUT2D eigenvalue weighted by Gasteiger charge is -2.05. The number of carbonyl (C=O) groups is 2. The molecule has 0 aliphatic carbocycles. The standard InChI is InChI=1S/C10H18O4.C9H16O3/c1-4-12-5-6-13-7-8-14-10(11)9(2)3;1-4-11-6-5-7-12-9(10)8(2)3/h2,4-8H2,1,3H3;2,4-7H2,1,3H3. The van der Waals surface area contributed by atoms with Gasteiger partial charge in [-0.15, -0.1) is 0 Å². The van der Waals surface area contributed by atoms with E-state index in [4.69, 9.17) is 23.7 Å². The molecule has 0 saturated heterocycles. The van der Waals surface area contributed by atoms with Gasteiger partial charge in [0.25, 0.3) is 0 Å². The van der Waals surface area contributed by atoms with Crippen molar-refractivity contribution >= 4 is 11.9 Å². The number of hydrogen-bond acceptors (Lipinski definition) is 7. The van der Waals surface area contributed by atoms with Gasteiger partial charge in [0, 0.05) is 37.4 Å². The molecule has 0 fully saturated rings. The Labute approximate surface area is 157 Å². The Morgan fingerprint density at radius 2 is 1.08 bits per heavy atom. The Balaban J connectivity index is 0. The maximum absolute atomic E-state index is 10.9. The van der Waals surface area contributed by atoms with Gasteiger partial charge in [0.15, 0.2) is 0 Å². The van der Waals surface area contributed by atoms with Gasteiger partial charge < -0.3 is 23.7 Å². The van der Waals surface area contributed by atoms with Crippen LogP contribution in [-0.2, 0) is 33.3 Å². The van der Waals surface area contributed by atoms with Gasteiger partial charge in [-0.2, -0.15) is 0 Å². The van der Waals surface area contributed by atoms with Crippen molar-refractivity contribution in [3.05, 3.63) is 24.3 Å². The highest BCUT2D eigenvalue weighted by atomic mass is 16.6. The fraction of sp³-hybridized carbons (Fsp3) is 0.684. The molecule has 26 heavy (non-hydrogen) atoms. The zero-order chi connectivity index (χ0) is 20.2. The Kier molecular flexibility index (Phi) is 20.0. The van der Waals surface area contributed by atoms with Gasteiger partial charge in [-0.25, -0.2) is 9.59 Å². The number of ether oxygens (including phenoxy) is 5. The quantitative estimate of drug-likeness (QED) is 0.263. The molecule has 152 valence electrons. The monoisotopic (exact) mass is 374 g/mol. The second-order valence-electron chi connectivity index (χ2n) is 5.19. The van der Waals surface area contributed by atoms with E-state index >= 15 is 0 Å². The van der Waals surface area contributed by atoms with Crippen molar-refractivity contribution in [2.75, 3.05) is 52.9 Å². The average molecular weight is 374 g/mol. The van der Waals surface area contributed by atoms with Crippen molar-refractivity contribution in [2.45, 2.75) is 34.1 Å². The molecule has 0 aromatic rings. The summed E-state index contributed by atoms with van der Waals surface area (Å²) in [5.41, 5.74) is 0.839. The van der Waals surface area contributed by atoms with E-state index in [1.165, 1.54) is 0 Å². The first-order chi connectivity index (χ1) is 12.4. The Bertz CT molecular complexity index is 405. The first-order valence-electron chi connectivity index (χ1n) is 8.75. The summed E-state index contributed by atoms with van der Waals surface area (Å²) in [7, 11) is 0. The summed E-state index contributed by atoms with van der Waals surface area (Å²) in [6.07, 6.45) is 0.743. The lowest BCUT2D eigenvalue weighted by molar-refractivity contribution is -0.141. The van der Waals surface area contributed by atoms with E-state index in [1.807, 2.05) is 13.8 Å². The van der Waals surface area contributed by atoms with Gasteiger partial charge in [-0.1, -0.05) is 13.2 Å². The predicted octanol–water partition coefficient (Wildman–Crippen LogP) is 2.69. The van der Waals surface area contributed by atoms with Gasteiger partial charge in [-0.05, 0) is 27.7 Å². The molecule has 0 spiro atoms. The van der Waals surface area contributed by atoms with Crippen molar-refractivity contribution in [1.29, 1.82) is 0 Å². The van der Waals surface area contributed by atoms with Crippen LogP contribution in [0.2, 0.25) is 0 Å². The van der Waals surface area contributed by atoms with Gasteiger partial charge >= 0.3 is 11.9 Å². The van der Waals surface area contributed by atoms with Crippen LogP contribution in [0.15, 0.2) is 24.3 Å². The maximum Gasteiger partial charge on any atom is 0.333 e. The third-order valence-corrected chi connectivity index (χ3v) is 2.60. The van der Waals surface area contributed by atoms with Crippen molar-refractivity contribution in [3.63, 3.8) is 0 Å². The highest BCUT2D eigenvalue weighted by Gasteiger charge is 2.02. The van der Waals surface area contributed by atoms with E-state index in [-0.39, 0.29) is 18.5 Å². The van der Waals surface area contributed by atoms with Gasteiger partial charge in [0.1, 0.15) is 6.61 Å². The molecular formula is C19H34O7. The highest BCUT2D eigenvalue weighted by molar-refractivity contribution is 5.87. The fourth-order valence-corrected chi connectivity index (χ4v) is 1.27. The van der Waals surface area contributed by atoms with E-state index in [9.17, 15) is 9.59 Å². The van der Waals surface area contributed by atoms with E-state index in [0.29, 0.717) is 57.4 Å². The molecule has 0 aromatic heterocycles. The summed E-state index contributed by atoms with van der Waals surface area (Å²) in [6, 6.07) is 0. The Hall–Kier alpha value is -1.70. The van der Waals surface area contributed by atoms with Crippen LogP contribution in [0.1, 0.15) is 34.1 Å². The van der Waals surface area contributed by atoms with Crippen LogP contribution >= 0.6 is 0 Å². The molecule has 0 saturated carbocycles. The van der Waals surface area contributed by atoms with Crippen molar-refractivity contribution in [1.82, 2.24) is 0 Å². The second-order valence-corrected chi connectivity index (χ2v) is 5.19. The molecule has 0 bridgehead atoms. The van der Waals surface area contributed by atoms with Crippen LogP contribution in [0.4, 0.5) is 0 Å². The summed E-state index contributed by atoms with van der Waals surface area (Å²) in [5.74, 6) is -0.704. The minimum Gasteiger partial charge on any atom is -0.462 e. The molecule has 0 rings (SSSR count). The summed E-state index contributed by atoms with van der Waals surface area (Å²) < 4.78 is 24.9.